The molecule has 0 saturated carbocycles. The highest BCUT2D eigenvalue weighted by atomic mass is 79.9. The van der Waals surface area contributed by atoms with Gasteiger partial charge < -0.3 is 14.6 Å². The Morgan fingerprint density at radius 1 is 1.42 bits per heavy atom. The van der Waals surface area contributed by atoms with Crippen molar-refractivity contribution in [2.45, 2.75) is 13.3 Å². The van der Waals surface area contributed by atoms with Gasteiger partial charge in [-0.2, -0.15) is 0 Å². The first kappa shape index (κ1) is 15.5. The molecule has 0 radical (unpaired) electrons. The Labute approximate surface area is 119 Å². The Morgan fingerprint density at radius 3 is 2.42 bits per heavy atom. The quantitative estimate of drug-likeness (QED) is 0.811. The summed E-state index contributed by atoms with van der Waals surface area (Å²) >= 11 is 3.28. The van der Waals surface area contributed by atoms with Gasteiger partial charge >= 0.3 is 5.97 Å². The number of carboxylic acid groups (broad SMARTS) is 1. The highest BCUT2D eigenvalue weighted by molar-refractivity contribution is 9.10. The second-order valence-corrected chi connectivity index (χ2v) is 4.91. The van der Waals surface area contributed by atoms with E-state index in [1.54, 1.807) is 13.0 Å². The van der Waals surface area contributed by atoms with Gasteiger partial charge in [-0.3, -0.25) is 9.59 Å². The SMILES string of the molecule is COc1c(CC(C)C(=O)O)cc(Br)c(C=O)c1OC. The number of carbonyl (C=O) groups excluding carboxylic acids is 1. The molecule has 0 aliphatic rings. The first-order valence-corrected chi connectivity index (χ1v) is 6.36. The van der Waals surface area contributed by atoms with E-state index in [0.29, 0.717) is 33.4 Å². The van der Waals surface area contributed by atoms with E-state index in [2.05, 4.69) is 15.9 Å². The smallest absolute Gasteiger partial charge is 0.306 e. The Bertz CT molecular complexity index is 498. The molecule has 0 aromatic heterocycles. The maximum atomic E-state index is 11.1. The summed E-state index contributed by atoms with van der Waals surface area (Å²) in [6, 6.07) is 1.69. The van der Waals surface area contributed by atoms with Crippen molar-refractivity contribution in [1.82, 2.24) is 0 Å². The summed E-state index contributed by atoms with van der Waals surface area (Å²) in [4.78, 5) is 22.0. The van der Waals surface area contributed by atoms with Crippen molar-refractivity contribution in [3.8, 4) is 11.5 Å². The van der Waals surface area contributed by atoms with E-state index in [0.717, 1.165) is 0 Å². The molecule has 5 nitrogen and oxygen atoms in total. The van der Waals surface area contributed by atoms with Crippen LogP contribution in [0.4, 0.5) is 0 Å². The zero-order chi connectivity index (χ0) is 14.6. The van der Waals surface area contributed by atoms with Gasteiger partial charge in [0, 0.05) is 4.47 Å². The van der Waals surface area contributed by atoms with Crippen molar-refractivity contribution in [3.05, 3.63) is 21.7 Å². The van der Waals surface area contributed by atoms with Crippen molar-refractivity contribution >= 4 is 28.2 Å². The number of hydrogen-bond donors (Lipinski definition) is 1. The third kappa shape index (κ3) is 3.26. The van der Waals surface area contributed by atoms with Crippen LogP contribution < -0.4 is 9.47 Å². The first-order chi connectivity index (χ1) is 8.96. The van der Waals surface area contributed by atoms with Crippen LogP contribution in [0.15, 0.2) is 10.5 Å². The number of carboxylic acids is 1. The highest BCUT2D eigenvalue weighted by Gasteiger charge is 2.21. The molecule has 0 spiro atoms. The molecular weight excluding hydrogens is 316 g/mol. The Kier molecular flexibility index (Phi) is 5.35. The minimum absolute atomic E-state index is 0.284. The number of aldehydes is 1. The number of aliphatic carboxylic acids is 1. The van der Waals surface area contributed by atoms with Crippen LogP contribution >= 0.6 is 15.9 Å². The maximum Gasteiger partial charge on any atom is 0.306 e. The van der Waals surface area contributed by atoms with Gasteiger partial charge in [0.15, 0.2) is 17.8 Å². The van der Waals surface area contributed by atoms with E-state index in [-0.39, 0.29) is 6.42 Å². The molecule has 0 aliphatic carbocycles. The van der Waals surface area contributed by atoms with Crippen LogP contribution in [-0.4, -0.2) is 31.6 Å². The van der Waals surface area contributed by atoms with E-state index in [1.807, 2.05) is 0 Å². The molecule has 1 N–H and O–H groups in total. The number of hydrogen-bond acceptors (Lipinski definition) is 4. The van der Waals surface area contributed by atoms with Gasteiger partial charge in [-0.05, 0) is 34.0 Å². The average Bonchev–Trinajstić information content (AvgIpc) is 2.37. The molecule has 1 aromatic rings. The molecule has 1 rings (SSSR count). The number of carbonyl (C=O) groups is 2. The Morgan fingerprint density at radius 2 is 2.00 bits per heavy atom. The second kappa shape index (κ2) is 6.56. The highest BCUT2D eigenvalue weighted by Crippen LogP contribution is 2.39. The lowest BCUT2D eigenvalue weighted by atomic mass is 9.98. The largest absolute Gasteiger partial charge is 0.493 e. The molecule has 104 valence electrons. The van der Waals surface area contributed by atoms with Crippen molar-refractivity contribution in [2.75, 3.05) is 14.2 Å². The molecule has 19 heavy (non-hydrogen) atoms. The van der Waals surface area contributed by atoms with Gasteiger partial charge in [0.1, 0.15) is 0 Å². The molecule has 1 unspecified atom stereocenters. The van der Waals surface area contributed by atoms with Crippen LogP contribution in [0, 0.1) is 5.92 Å². The predicted molar refractivity (Wildman–Crippen MR) is 73.1 cm³/mol. The van der Waals surface area contributed by atoms with Gasteiger partial charge in [0.05, 0.1) is 25.7 Å². The molecule has 1 aromatic carbocycles. The normalized spacial score (nSPS) is 11.8. The maximum absolute atomic E-state index is 11.1. The molecule has 0 bridgehead atoms. The second-order valence-electron chi connectivity index (χ2n) is 4.06. The topological polar surface area (TPSA) is 72.8 Å². The summed E-state index contributed by atoms with van der Waals surface area (Å²) in [5.74, 6) is -0.760. The summed E-state index contributed by atoms with van der Waals surface area (Å²) in [7, 11) is 2.89. The summed E-state index contributed by atoms with van der Waals surface area (Å²) < 4.78 is 11.0. The fraction of sp³-hybridized carbons (Fsp3) is 0.385. The van der Waals surface area contributed by atoms with E-state index < -0.39 is 11.9 Å². The molecule has 6 heteroatoms. The third-order valence-corrected chi connectivity index (χ3v) is 3.43. The van der Waals surface area contributed by atoms with Gasteiger partial charge in [-0.25, -0.2) is 0 Å². The molecular formula is C13H15BrO5. The van der Waals surface area contributed by atoms with Crippen LogP contribution in [0.25, 0.3) is 0 Å². The molecule has 0 fully saturated rings. The molecule has 0 heterocycles. The lowest BCUT2D eigenvalue weighted by Gasteiger charge is -2.17. The number of benzene rings is 1. The number of halogens is 1. The number of methoxy groups -OCH3 is 2. The van der Waals surface area contributed by atoms with Gasteiger partial charge in [-0.1, -0.05) is 6.92 Å². The van der Waals surface area contributed by atoms with Crippen LogP contribution in [-0.2, 0) is 11.2 Å². The molecule has 1 atom stereocenters. The van der Waals surface area contributed by atoms with Crippen LogP contribution in [0.1, 0.15) is 22.8 Å². The van der Waals surface area contributed by atoms with E-state index in [4.69, 9.17) is 14.6 Å². The van der Waals surface area contributed by atoms with E-state index >= 15 is 0 Å². The van der Waals surface area contributed by atoms with E-state index in [9.17, 15) is 9.59 Å². The standard InChI is InChI=1S/C13H15BrO5/c1-7(13(16)17)4-8-5-10(14)9(6-15)12(19-3)11(8)18-2/h5-7H,4H2,1-3H3,(H,16,17). The summed E-state index contributed by atoms with van der Waals surface area (Å²) in [5.41, 5.74) is 1.01. The summed E-state index contributed by atoms with van der Waals surface area (Å²) in [6.07, 6.45) is 0.947. The van der Waals surface area contributed by atoms with Crippen molar-refractivity contribution < 1.29 is 24.2 Å². The van der Waals surface area contributed by atoms with Crippen molar-refractivity contribution in [2.24, 2.45) is 5.92 Å². The number of rotatable bonds is 6. The zero-order valence-electron chi connectivity index (χ0n) is 10.9. The van der Waals surface area contributed by atoms with Gasteiger partial charge in [-0.15, -0.1) is 0 Å². The Hall–Kier alpha value is -1.56. The first-order valence-electron chi connectivity index (χ1n) is 5.57. The van der Waals surface area contributed by atoms with Gasteiger partial charge in [0.25, 0.3) is 0 Å². The number of ether oxygens (including phenoxy) is 2. The van der Waals surface area contributed by atoms with E-state index in [1.165, 1.54) is 14.2 Å². The summed E-state index contributed by atoms with van der Waals surface area (Å²) in [6.45, 7) is 1.61. The minimum Gasteiger partial charge on any atom is -0.493 e. The molecule has 0 aliphatic heterocycles. The van der Waals surface area contributed by atoms with Crippen molar-refractivity contribution in [3.63, 3.8) is 0 Å². The fourth-order valence-electron chi connectivity index (χ4n) is 1.78. The fourth-order valence-corrected chi connectivity index (χ4v) is 2.33. The average molecular weight is 331 g/mol. The van der Waals surface area contributed by atoms with Crippen LogP contribution in [0.2, 0.25) is 0 Å². The lowest BCUT2D eigenvalue weighted by Crippen LogP contribution is -2.13. The Balaban J connectivity index is 3.36. The minimum atomic E-state index is -0.892. The molecule has 0 saturated heterocycles. The molecule has 0 amide bonds. The van der Waals surface area contributed by atoms with Gasteiger partial charge in [0.2, 0.25) is 0 Å². The van der Waals surface area contributed by atoms with Crippen LogP contribution in [0.5, 0.6) is 11.5 Å². The zero-order valence-corrected chi connectivity index (χ0v) is 12.5. The van der Waals surface area contributed by atoms with Crippen LogP contribution in [0.3, 0.4) is 0 Å². The predicted octanol–water partition coefficient (Wildman–Crippen LogP) is 2.54. The van der Waals surface area contributed by atoms with Crippen molar-refractivity contribution in [1.29, 1.82) is 0 Å². The lowest BCUT2D eigenvalue weighted by molar-refractivity contribution is -0.141. The summed E-state index contributed by atoms with van der Waals surface area (Å²) in [5, 5.41) is 8.96. The third-order valence-electron chi connectivity index (χ3n) is 2.77. The monoisotopic (exact) mass is 330 g/mol.